The van der Waals surface area contributed by atoms with E-state index in [-0.39, 0.29) is 0 Å². The third kappa shape index (κ3) is 6.04. The maximum Gasteiger partial charge on any atom is 0.159 e. The third-order valence-electron chi connectivity index (χ3n) is 10.7. The minimum absolute atomic E-state index is 0.852. The monoisotopic (exact) mass is 715 g/mol. The molecule has 56 heavy (non-hydrogen) atoms. The maximum absolute atomic E-state index is 6.73. The normalized spacial score (nSPS) is 11.2. The van der Waals surface area contributed by atoms with E-state index in [0.29, 0.717) is 0 Å². The number of hydrogen-bond acceptors (Lipinski definition) is 2. The summed E-state index contributed by atoms with van der Waals surface area (Å²) < 4.78 is 6.73. The summed E-state index contributed by atoms with van der Waals surface area (Å²) >= 11 is 0. The van der Waals surface area contributed by atoms with Crippen molar-refractivity contribution >= 4 is 39.0 Å². The molecule has 2 nitrogen and oxygen atoms in total. The highest BCUT2D eigenvalue weighted by molar-refractivity contribution is 6.11. The lowest BCUT2D eigenvalue weighted by Gasteiger charge is -2.29. The fourth-order valence-electron chi connectivity index (χ4n) is 8.05. The smallest absolute Gasteiger partial charge is 0.159 e. The molecule has 0 aliphatic rings. The average Bonchev–Trinajstić information content (AvgIpc) is 3.67. The molecular weight excluding hydrogens is 679 g/mol. The molecule has 2 heteroatoms. The summed E-state index contributed by atoms with van der Waals surface area (Å²) in [6, 6.07) is 80.1. The predicted molar refractivity (Wildman–Crippen MR) is 236 cm³/mol. The molecule has 0 atom stereocenters. The highest BCUT2D eigenvalue weighted by Crippen LogP contribution is 2.48. The van der Waals surface area contributed by atoms with Crippen LogP contribution >= 0.6 is 0 Å². The summed E-state index contributed by atoms with van der Waals surface area (Å²) in [6.45, 7) is 0. The van der Waals surface area contributed by atoms with Crippen molar-refractivity contribution in [2.24, 2.45) is 0 Å². The molecule has 0 N–H and O–H groups in total. The average molecular weight is 716 g/mol. The van der Waals surface area contributed by atoms with Gasteiger partial charge in [-0.15, -0.1) is 0 Å². The zero-order valence-corrected chi connectivity index (χ0v) is 30.7. The van der Waals surface area contributed by atoms with Crippen LogP contribution < -0.4 is 4.90 Å². The number of furan rings is 1. The number of anilines is 3. The highest BCUT2D eigenvalue weighted by Gasteiger charge is 2.24. The summed E-state index contributed by atoms with van der Waals surface area (Å²) in [5.41, 5.74) is 16.5. The maximum atomic E-state index is 6.73. The van der Waals surface area contributed by atoms with E-state index in [1.165, 1.54) is 44.5 Å². The highest BCUT2D eigenvalue weighted by atomic mass is 16.3. The fourth-order valence-corrected chi connectivity index (χ4v) is 8.05. The SMILES string of the molecule is c1ccc(-c2ccc(N(c3ccccc3-c3ccc(-c4ccccc4)cc3-c3ccccc3-c3ccccc3)c3cccc4c3oc3ccccc34)cc2)cc1. The van der Waals surface area contributed by atoms with Crippen molar-refractivity contribution < 1.29 is 4.42 Å². The molecule has 1 heterocycles. The van der Waals surface area contributed by atoms with Crippen molar-refractivity contribution in [1.82, 2.24) is 0 Å². The van der Waals surface area contributed by atoms with Gasteiger partial charge in [0.15, 0.2) is 5.58 Å². The Morgan fingerprint density at radius 3 is 1.52 bits per heavy atom. The van der Waals surface area contributed by atoms with Gasteiger partial charge in [-0.05, 0) is 86.5 Å². The zero-order chi connectivity index (χ0) is 37.3. The van der Waals surface area contributed by atoms with Gasteiger partial charge in [0.1, 0.15) is 5.58 Å². The first-order chi connectivity index (χ1) is 27.8. The van der Waals surface area contributed by atoms with Gasteiger partial charge < -0.3 is 9.32 Å². The zero-order valence-electron chi connectivity index (χ0n) is 30.7. The van der Waals surface area contributed by atoms with Crippen LogP contribution in [-0.2, 0) is 0 Å². The van der Waals surface area contributed by atoms with Gasteiger partial charge in [-0.25, -0.2) is 0 Å². The molecule has 1 aromatic heterocycles. The summed E-state index contributed by atoms with van der Waals surface area (Å²) in [6.07, 6.45) is 0. The van der Waals surface area contributed by atoms with Gasteiger partial charge in [-0.1, -0.05) is 188 Å². The molecule has 0 amide bonds. The van der Waals surface area contributed by atoms with E-state index in [2.05, 4.69) is 223 Å². The largest absolute Gasteiger partial charge is 0.454 e. The van der Waals surface area contributed by atoms with Crippen LogP contribution in [0.1, 0.15) is 0 Å². The van der Waals surface area contributed by atoms with E-state index >= 15 is 0 Å². The van der Waals surface area contributed by atoms with Crippen LogP contribution in [0.4, 0.5) is 17.1 Å². The summed E-state index contributed by atoms with van der Waals surface area (Å²) in [7, 11) is 0. The summed E-state index contributed by atoms with van der Waals surface area (Å²) in [4.78, 5) is 2.37. The lowest BCUT2D eigenvalue weighted by atomic mass is 9.86. The topological polar surface area (TPSA) is 16.4 Å². The first-order valence-corrected chi connectivity index (χ1v) is 19.1. The number of para-hydroxylation sites is 3. The van der Waals surface area contributed by atoms with Gasteiger partial charge >= 0.3 is 0 Å². The van der Waals surface area contributed by atoms with E-state index in [1.807, 2.05) is 6.07 Å². The molecule has 0 saturated carbocycles. The lowest BCUT2D eigenvalue weighted by molar-refractivity contribution is 0.669. The lowest BCUT2D eigenvalue weighted by Crippen LogP contribution is -2.11. The number of benzene rings is 9. The van der Waals surface area contributed by atoms with Crippen LogP contribution in [-0.4, -0.2) is 0 Å². The molecule has 9 aromatic carbocycles. The van der Waals surface area contributed by atoms with Crippen molar-refractivity contribution in [2.75, 3.05) is 4.90 Å². The molecule has 0 spiro atoms. The van der Waals surface area contributed by atoms with Crippen LogP contribution in [0, 0.1) is 0 Å². The van der Waals surface area contributed by atoms with E-state index in [9.17, 15) is 0 Å². The third-order valence-corrected chi connectivity index (χ3v) is 10.7. The van der Waals surface area contributed by atoms with Gasteiger partial charge in [0.25, 0.3) is 0 Å². The molecule has 0 aliphatic carbocycles. The first-order valence-electron chi connectivity index (χ1n) is 19.1. The number of fused-ring (bicyclic) bond motifs is 3. The van der Waals surface area contributed by atoms with Crippen LogP contribution in [0.15, 0.2) is 229 Å². The van der Waals surface area contributed by atoms with E-state index in [0.717, 1.165) is 50.1 Å². The van der Waals surface area contributed by atoms with E-state index < -0.39 is 0 Å². The Morgan fingerprint density at radius 2 is 0.786 bits per heavy atom. The van der Waals surface area contributed by atoms with E-state index in [1.54, 1.807) is 0 Å². The molecule has 0 aliphatic heterocycles. The molecule has 0 fully saturated rings. The standard InChI is InChI=1S/C54H37NO/c1-4-17-38(18-5-1)40-31-34-43(35-32-40)55(52-29-16-27-49-48-26-13-15-30-53(48)56-54(49)52)51-28-14-12-25-47(51)46-36-33-42(39-19-6-2-7-20-39)37-50(46)45-24-11-10-23-44(45)41-21-8-3-9-22-41/h1-37H. The second kappa shape index (κ2) is 14.4. The van der Waals surface area contributed by atoms with Gasteiger partial charge in [-0.3, -0.25) is 0 Å². The van der Waals surface area contributed by atoms with Crippen molar-refractivity contribution in [3.8, 4) is 55.6 Å². The Labute approximate surface area is 327 Å². The fraction of sp³-hybridized carbons (Fsp3) is 0. The summed E-state index contributed by atoms with van der Waals surface area (Å²) in [5.74, 6) is 0. The molecule has 10 rings (SSSR count). The Morgan fingerprint density at radius 1 is 0.286 bits per heavy atom. The van der Waals surface area contributed by atoms with Crippen molar-refractivity contribution in [3.05, 3.63) is 224 Å². The second-order valence-corrected chi connectivity index (χ2v) is 14.1. The Kier molecular flexibility index (Phi) is 8.55. The van der Waals surface area contributed by atoms with E-state index in [4.69, 9.17) is 4.42 Å². The van der Waals surface area contributed by atoms with Crippen LogP contribution in [0.3, 0.4) is 0 Å². The Balaban J connectivity index is 1.23. The molecule has 0 radical (unpaired) electrons. The predicted octanol–water partition coefficient (Wildman–Crippen LogP) is 15.4. The van der Waals surface area contributed by atoms with Crippen LogP contribution in [0.25, 0.3) is 77.6 Å². The molecule has 0 saturated heterocycles. The first kappa shape index (κ1) is 33.2. The Bertz CT molecular complexity index is 2950. The number of nitrogens with zero attached hydrogens (tertiary/aromatic N) is 1. The Hall–Kier alpha value is -7.42. The molecular formula is C54H37NO. The molecule has 0 bridgehead atoms. The minimum atomic E-state index is 0.852. The van der Waals surface area contributed by atoms with Crippen molar-refractivity contribution in [1.29, 1.82) is 0 Å². The number of rotatable bonds is 8. The minimum Gasteiger partial charge on any atom is -0.454 e. The van der Waals surface area contributed by atoms with Gasteiger partial charge in [-0.2, -0.15) is 0 Å². The number of hydrogen-bond donors (Lipinski definition) is 0. The van der Waals surface area contributed by atoms with Crippen molar-refractivity contribution in [2.45, 2.75) is 0 Å². The second-order valence-electron chi connectivity index (χ2n) is 14.1. The van der Waals surface area contributed by atoms with Gasteiger partial charge in [0, 0.05) is 22.0 Å². The van der Waals surface area contributed by atoms with Crippen LogP contribution in [0.5, 0.6) is 0 Å². The van der Waals surface area contributed by atoms with Gasteiger partial charge in [0.05, 0.1) is 11.4 Å². The summed E-state index contributed by atoms with van der Waals surface area (Å²) in [5, 5.41) is 2.19. The molecule has 264 valence electrons. The molecule has 10 aromatic rings. The van der Waals surface area contributed by atoms with Gasteiger partial charge in [0.2, 0.25) is 0 Å². The quantitative estimate of drug-likeness (QED) is 0.156. The van der Waals surface area contributed by atoms with Crippen LogP contribution in [0.2, 0.25) is 0 Å². The molecule has 0 unspecified atom stereocenters. The van der Waals surface area contributed by atoms with Crippen molar-refractivity contribution in [3.63, 3.8) is 0 Å².